The Labute approximate surface area is 106 Å². The van der Waals surface area contributed by atoms with Crippen molar-refractivity contribution in [3.63, 3.8) is 0 Å². The molecular formula is C16H25N. The van der Waals surface area contributed by atoms with Crippen LogP contribution in [0.5, 0.6) is 0 Å². The Morgan fingerprint density at radius 2 is 1.94 bits per heavy atom. The van der Waals surface area contributed by atoms with Crippen LogP contribution in [0.1, 0.15) is 57.1 Å². The van der Waals surface area contributed by atoms with Crippen LogP contribution in [-0.2, 0) is 0 Å². The molecule has 0 radical (unpaired) electrons. The first-order valence-corrected chi connectivity index (χ1v) is 6.62. The summed E-state index contributed by atoms with van der Waals surface area (Å²) in [5.74, 6) is 0.428. The highest BCUT2D eigenvalue weighted by atomic mass is 14.8. The summed E-state index contributed by atoms with van der Waals surface area (Å²) in [4.78, 5) is 0. The molecule has 0 aromatic heterocycles. The predicted octanol–water partition coefficient (Wildman–Crippen LogP) is 4.34. The Bertz CT molecular complexity index is 364. The van der Waals surface area contributed by atoms with Crippen LogP contribution >= 0.6 is 0 Å². The maximum absolute atomic E-state index is 6.55. The first-order chi connectivity index (χ1) is 8.11. The highest BCUT2D eigenvalue weighted by Crippen LogP contribution is 2.34. The van der Waals surface area contributed by atoms with E-state index in [0.29, 0.717) is 5.92 Å². The Kier molecular flexibility index (Phi) is 4.95. The Morgan fingerprint density at radius 1 is 1.29 bits per heavy atom. The van der Waals surface area contributed by atoms with Gasteiger partial charge < -0.3 is 5.73 Å². The topological polar surface area (TPSA) is 26.0 Å². The van der Waals surface area contributed by atoms with Crippen molar-refractivity contribution in [1.29, 1.82) is 0 Å². The lowest BCUT2D eigenvalue weighted by molar-refractivity contribution is 0.313. The fourth-order valence-electron chi connectivity index (χ4n) is 2.62. The summed E-state index contributed by atoms with van der Waals surface area (Å²) in [7, 11) is 0. The molecule has 1 heteroatoms. The lowest BCUT2D eigenvalue weighted by Gasteiger charge is -2.36. The highest BCUT2D eigenvalue weighted by Gasteiger charge is 2.31. The van der Waals surface area contributed by atoms with Gasteiger partial charge in [0.1, 0.15) is 0 Å². The highest BCUT2D eigenvalue weighted by molar-refractivity contribution is 5.48. The van der Waals surface area contributed by atoms with Crippen LogP contribution in [0, 0.1) is 0 Å². The molecule has 1 aromatic carbocycles. The van der Waals surface area contributed by atoms with Gasteiger partial charge in [0.25, 0.3) is 0 Å². The number of hydrogen-bond acceptors (Lipinski definition) is 1. The van der Waals surface area contributed by atoms with E-state index in [2.05, 4.69) is 51.6 Å². The molecule has 0 fully saturated rings. The van der Waals surface area contributed by atoms with Crippen molar-refractivity contribution in [3.8, 4) is 0 Å². The van der Waals surface area contributed by atoms with Gasteiger partial charge in [-0.05, 0) is 30.4 Å². The third-order valence-electron chi connectivity index (χ3n) is 3.97. The van der Waals surface area contributed by atoms with Crippen LogP contribution in [0.2, 0.25) is 0 Å². The van der Waals surface area contributed by atoms with E-state index in [1.807, 2.05) is 6.08 Å². The van der Waals surface area contributed by atoms with E-state index >= 15 is 0 Å². The van der Waals surface area contributed by atoms with E-state index in [0.717, 1.165) is 19.3 Å². The monoisotopic (exact) mass is 231 g/mol. The number of nitrogens with two attached hydrogens (primary N) is 1. The normalized spacial score (nSPS) is 13.4. The molecule has 1 atom stereocenters. The Morgan fingerprint density at radius 3 is 2.41 bits per heavy atom. The van der Waals surface area contributed by atoms with E-state index in [-0.39, 0.29) is 5.54 Å². The van der Waals surface area contributed by atoms with Crippen molar-refractivity contribution < 1.29 is 0 Å². The van der Waals surface area contributed by atoms with E-state index in [9.17, 15) is 0 Å². The molecule has 17 heavy (non-hydrogen) atoms. The van der Waals surface area contributed by atoms with Crippen LogP contribution in [0.3, 0.4) is 0 Å². The van der Waals surface area contributed by atoms with Crippen LogP contribution in [0.4, 0.5) is 0 Å². The van der Waals surface area contributed by atoms with E-state index < -0.39 is 0 Å². The molecule has 1 aromatic rings. The molecule has 94 valence electrons. The maximum atomic E-state index is 6.55. The summed E-state index contributed by atoms with van der Waals surface area (Å²) in [5, 5.41) is 0. The molecule has 1 nitrogen and oxygen atoms in total. The minimum absolute atomic E-state index is 0.0887. The molecule has 0 spiro atoms. The third kappa shape index (κ3) is 2.98. The SMILES string of the molecule is C=Cc1cccc(C(CC)C(N)(CC)CC)c1. The van der Waals surface area contributed by atoms with Crippen molar-refractivity contribution in [1.82, 2.24) is 0 Å². The zero-order chi connectivity index (χ0) is 12.9. The minimum Gasteiger partial charge on any atom is -0.325 e. The summed E-state index contributed by atoms with van der Waals surface area (Å²) in [6, 6.07) is 8.59. The van der Waals surface area contributed by atoms with Crippen LogP contribution < -0.4 is 5.73 Å². The first-order valence-electron chi connectivity index (χ1n) is 6.62. The molecule has 0 saturated carbocycles. The summed E-state index contributed by atoms with van der Waals surface area (Å²) in [5.41, 5.74) is 8.98. The van der Waals surface area contributed by atoms with E-state index in [4.69, 9.17) is 5.73 Å². The zero-order valence-corrected chi connectivity index (χ0v) is 11.4. The van der Waals surface area contributed by atoms with E-state index in [1.54, 1.807) is 0 Å². The van der Waals surface area contributed by atoms with Gasteiger partial charge in [-0.2, -0.15) is 0 Å². The molecule has 0 heterocycles. The van der Waals surface area contributed by atoms with Crippen molar-refractivity contribution in [3.05, 3.63) is 42.0 Å². The second-order valence-electron chi connectivity index (χ2n) is 4.78. The summed E-state index contributed by atoms with van der Waals surface area (Å²) in [6.07, 6.45) is 5.01. The second kappa shape index (κ2) is 6.02. The molecule has 1 unspecified atom stereocenters. The molecular weight excluding hydrogens is 206 g/mol. The minimum atomic E-state index is -0.0887. The number of rotatable bonds is 6. The van der Waals surface area contributed by atoms with Crippen molar-refractivity contribution >= 4 is 6.08 Å². The third-order valence-corrected chi connectivity index (χ3v) is 3.97. The summed E-state index contributed by atoms with van der Waals surface area (Å²) in [6.45, 7) is 10.4. The standard InChI is InChI=1S/C16H25N/c1-5-13-10-9-11-14(12-13)15(6-2)16(17,7-3)8-4/h5,9-12,15H,1,6-8,17H2,2-4H3. The van der Waals surface area contributed by atoms with Gasteiger partial charge >= 0.3 is 0 Å². The largest absolute Gasteiger partial charge is 0.325 e. The van der Waals surface area contributed by atoms with Crippen molar-refractivity contribution in [2.75, 3.05) is 0 Å². The van der Waals surface area contributed by atoms with Crippen LogP contribution in [0.15, 0.2) is 30.8 Å². The Balaban J connectivity index is 3.12. The van der Waals surface area contributed by atoms with Gasteiger partial charge in [0.05, 0.1) is 0 Å². The Hall–Kier alpha value is -1.08. The molecule has 0 aliphatic rings. The second-order valence-corrected chi connectivity index (χ2v) is 4.78. The van der Waals surface area contributed by atoms with Gasteiger partial charge in [-0.15, -0.1) is 0 Å². The number of benzene rings is 1. The van der Waals surface area contributed by atoms with E-state index in [1.165, 1.54) is 11.1 Å². The summed E-state index contributed by atoms with van der Waals surface area (Å²) >= 11 is 0. The molecule has 0 aliphatic heterocycles. The number of hydrogen-bond donors (Lipinski definition) is 1. The zero-order valence-electron chi connectivity index (χ0n) is 11.4. The van der Waals surface area contributed by atoms with Gasteiger partial charge in [-0.3, -0.25) is 0 Å². The predicted molar refractivity (Wildman–Crippen MR) is 77.1 cm³/mol. The maximum Gasteiger partial charge on any atom is 0.0218 e. The van der Waals surface area contributed by atoms with Crippen molar-refractivity contribution in [2.45, 2.75) is 51.5 Å². The average Bonchev–Trinajstić information content (AvgIpc) is 2.39. The fourth-order valence-corrected chi connectivity index (χ4v) is 2.62. The molecule has 2 N–H and O–H groups in total. The smallest absolute Gasteiger partial charge is 0.0218 e. The molecule has 0 saturated heterocycles. The van der Waals surface area contributed by atoms with Gasteiger partial charge in [-0.1, -0.05) is 57.7 Å². The molecule has 0 aliphatic carbocycles. The van der Waals surface area contributed by atoms with Gasteiger partial charge in [0.15, 0.2) is 0 Å². The molecule has 0 amide bonds. The summed E-state index contributed by atoms with van der Waals surface area (Å²) < 4.78 is 0. The lowest BCUT2D eigenvalue weighted by Crippen LogP contribution is -2.44. The molecule has 1 rings (SSSR count). The average molecular weight is 231 g/mol. The van der Waals surface area contributed by atoms with Crippen molar-refractivity contribution in [2.24, 2.45) is 5.73 Å². The quantitative estimate of drug-likeness (QED) is 0.774. The lowest BCUT2D eigenvalue weighted by atomic mass is 9.74. The van der Waals surface area contributed by atoms with Gasteiger partial charge in [0.2, 0.25) is 0 Å². The van der Waals surface area contributed by atoms with Crippen LogP contribution in [0.25, 0.3) is 6.08 Å². The van der Waals surface area contributed by atoms with Crippen LogP contribution in [-0.4, -0.2) is 5.54 Å². The van der Waals surface area contributed by atoms with Gasteiger partial charge in [-0.25, -0.2) is 0 Å². The first kappa shape index (κ1) is 14.0. The van der Waals surface area contributed by atoms with Gasteiger partial charge in [0, 0.05) is 11.5 Å². The molecule has 0 bridgehead atoms. The fraction of sp³-hybridized carbons (Fsp3) is 0.500.